The van der Waals surface area contributed by atoms with Gasteiger partial charge in [-0.2, -0.15) is 14.5 Å². The van der Waals surface area contributed by atoms with E-state index in [4.69, 9.17) is 14.9 Å². The maximum absolute atomic E-state index is 6.00. The van der Waals surface area contributed by atoms with Crippen molar-refractivity contribution in [3.05, 3.63) is 60.4 Å². The quantitative estimate of drug-likeness (QED) is 0.623. The first-order valence-electron chi connectivity index (χ1n) is 7.03. The van der Waals surface area contributed by atoms with Crippen LogP contribution >= 0.6 is 0 Å². The second kappa shape index (κ2) is 5.45. The van der Waals surface area contributed by atoms with Gasteiger partial charge in [0.15, 0.2) is 5.76 Å². The highest BCUT2D eigenvalue weighted by Gasteiger charge is 2.13. The van der Waals surface area contributed by atoms with Crippen molar-refractivity contribution in [1.29, 1.82) is 0 Å². The maximum Gasteiger partial charge on any atom is 0.258 e. The molecule has 0 radical (unpaired) electrons. The number of hydrogen-bond acceptors (Lipinski definition) is 6. The smallest absolute Gasteiger partial charge is 0.258 e. The van der Waals surface area contributed by atoms with Crippen molar-refractivity contribution in [2.24, 2.45) is 0 Å². The highest BCUT2D eigenvalue weighted by molar-refractivity contribution is 5.53. The molecule has 0 fully saturated rings. The van der Waals surface area contributed by atoms with Gasteiger partial charge >= 0.3 is 0 Å². The molecule has 4 aromatic rings. The molecule has 0 amide bonds. The molecule has 1 aromatic carbocycles. The van der Waals surface area contributed by atoms with Crippen LogP contribution in [0.25, 0.3) is 17.4 Å². The number of aromatic nitrogens is 4. The maximum atomic E-state index is 6.00. The molecule has 0 bridgehead atoms. The minimum Gasteiger partial charge on any atom is -0.473 e. The molecule has 0 saturated heterocycles. The summed E-state index contributed by atoms with van der Waals surface area (Å²) in [6.07, 6.45) is 1.56. The zero-order valence-corrected chi connectivity index (χ0v) is 12.1. The molecule has 0 aliphatic heterocycles. The van der Waals surface area contributed by atoms with E-state index in [0.717, 1.165) is 5.56 Å². The first-order valence-corrected chi connectivity index (χ1v) is 7.03. The number of nitrogens with zero attached hydrogens (tertiary/aromatic N) is 4. The Balaban J connectivity index is 1.64. The van der Waals surface area contributed by atoms with Gasteiger partial charge < -0.3 is 14.9 Å². The zero-order chi connectivity index (χ0) is 15.6. The largest absolute Gasteiger partial charge is 0.473 e. The van der Waals surface area contributed by atoms with Crippen LogP contribution in [-0.2, 0) is 6.61 Å². The lowest BCUT2D eigenvalue weighted by Gasteiger charge is -2.06. The van der Waals surface area contributed by atoms with E-state index in [1.165, 1.54) is 4.52 Å². The van der Waals surface area contributed by atoms with Gasteiger partial charge in [-0.3, -0.25) is 0 Å². The molecule has 3 aromatic heterocycles. The number of fused-ring (bicyclic) bond motifs is 1. The molecule has 114 valence electrons. The predicted molar refractivity (Wildman–Crippen MR) is 83.7 cm³/mol. The minimum atomic E-state index is 0.361. The van der Waals surface area contributed by atoms with Crippen LogP contribution in [-0.4, -0.2) is 19.6 Å². The van der Waals surface area contributed by atoms with Crippen molar-refractivity contribution in [3.8, 4) is 17.5 Å². The summed E-state index contributed by atoms with van der Waals surface area (Å²) < 4.78 is 12.4. The summed E-state index contributed by atoms with van der Waals surface area (Å²) in [4.78, 5) is 8.65. The first kappa shape index (κ1) is 13.3. The summed E-state index contributed by atoms with van der Waals surface area (Å²) in [5, 5.41) is 4.28. The molecule has 3 heterocycles. The Kier molecular flexibility index (Phi) is 3.16. The van der Waals surface area contributed by atoms with Crippen molar-refractivity contribution in [2.45, 2.75) is 6.61 Å². The molecule has 0 spiro atoms. The average molecular weight is 307 g/mol. The van der Waals surface area contributed by atoms with Crippen molar-refractivity contribution >= 4 is 11.6 Å². The molecule has 0 atom stereocenters. The third kappa shape index (κ3) is 2.59. The van der Waals surface area contributed by atoms with Crippen molar-refractivity contribution in [1.82, 2.24) is 19.6 Å². The third-order valence-electron chi connectivity index (χ3n) is 3.29. The topological polar surface area (TPSA) is 91.5 Å². The lowest BCUT2D eigenvalue weighted by atomic mass is 10.2. The van der Waals surface area contributed by atoms with E-state index in [1.54, 1.807) is 24.5 Å². The van der Waals surface area contributed by atoms with Gasteiger partial charge in [-0.05, 0) is 17.7 Å². The van der Waals surface area contributed by atoms with Crippen LogP contribution in [0.3, 0.4) is 0 Å². The lowest BCUT2D eigenvalue weighted by Crippen LogP contribution is -2.04. The highest BCUT2D eigenvalue weighted by atomic mass is 16.5. The van der Waals surface area contributed by atoms with Gasteiger partial charge in [0, 0.05) is 6.07 Å². The summed E-state index contributed by atoms with van der Waals surface area (Å²) >= 11 is 0. The number of benzene rings is 1. The Labute approximate surface area is 131 Å². The second-order valence-electron chi connectivity index (χ2n) is 4.92. The third-order valence-corrected chi connectivity index (χ3v) is 3.29. The van der Waals surface area contributed by atoms with Gasteiger partial charge in [0.25, 0.3) is 5.78 Å². The monoisotopic (exact) mass is 307 g/mol. The van der Waals surface area contributed by atoms with Crippen LogP contribution in [0.5, 0.6) is 5.88 Å². The summed E-state index contributed by atoms with van der Waals surface area (Å²) in [7, 11) is 0. The van der Waals surface area contributed by atoms with Crippen LogP contribution in [0.4, 0.5) is 5.82 Å². The molecular weight excluding hydrogens is 294 g/mol. The van der Waals surface area contributed by atoms with Crippen LogP contribution in [0, 0.1) is 0 Å². The highest BCUT2D eigenvalue weighted by Crippen LogP contribution is 2.20. The van der Waals surface area contributed by atoms with E-state index >= 15 is 0 Å². The first-order chi connectivity index (χ1) is 11.3. The van der Waals surface area contributed by atoms with Crippen molar-refractivity contribution in [3.63, 3.8) is 0 Å². The summed E-state index contributed by atoms with van der Waals surface area (Å²) in [6, 6.07) is 15.0. The molecule has 2 N–H and O–H groups in total. The Morgan fingerprint density at radius 1 is 1.09 bits per heavy atom. The Morgan fingerprint density at radius 3 is 2.74 bits per heavy atom. The molecule has 4 rings (SSSR count). The standard InChI is InChI=1S/C16H13N5O2/c17-13-9-14(23-10-11-5-2-1-3-6-11)18-16-19-15(20-21(13)16)12-7-4-8-22-12/h1-9H,10,17H2. The lowest BCUT2D eigenvalue weighted by molar-refractivity contribution is 0.294. The molecule has 7 nitrogen and oxygen atoms in total. The summed E-state index contributed by atoms with van der Waals surface area (Å²) in [5.74, 6) is 2.14. The molecule has 0 aliphatic rings. The fourth-order valence-corrected chi connectivity index (χ4v) is 2.18. The summed E-state index contributed by atoms with van der Waals surface area (Å²) in [5.41, 5.74) is 7.05. The molecule has 0 saturated carbocycles. The Hall–Kier alpha value is -3.35. The van der Waals surface area contributed by atoms with Gasteiger partial charge in [-0.15, -0.1) is 5.10 Å². The van der Waals surface area contributed by atoms with Crippen molar-refractivity contribution in [2.75, 3.05) is 5.73 Å². The van der Waals surface area contributed by atoms with Crippen LogP contribution < -0.4 is 10.5 Å². The number of nitrogens with two attached hydrogens (primary N) is 1. The number of hydrogen-bond donors (Lipinski definition) is 1. The number of furan rings is 1. The molecule has 23 heavy (non-hydrogen) atoms. The second-order valence-corrected chi connectivity index (χ2v) is 4.92. The van der Waals surface area contributed by atoms with E-state index < -0.39 is 0 Å². The summed E-state index contributed by atoms with van der Waals surface area (Å²) in [6.45, 7) is 0.405. The van der Waals surface area contributed by atoms with E-state index in [2.05, 4.69) is 15.1 Å². The van der Waals surface area contributed by atoms with Crippen molar-refractivity contribution < 1.29 is 9.15 Å². The normalized spacial score (nSPS) is 11.0. The molecule has 0 unspecified atom stereocenters. The van der Waals surface area contributed by atoms with E-state index in [0.29, 0.717) is 35.7 Å². The van der Waals surface area contributed by atoms with Gasteiger partial charge in [0.1, 0.15) is 12.4 Å². The minimum absolute atomic E-state index is 0.361. The van der Waals surface area contributed by atoms with Gasteiger partial charge in [-0.1, -0.05) is 30.3 Å². The van der Waals surface area contributed by atoms with E-state index in [-0.39, 0.29) is 0 Å². The fraction of sp³-hybridized carbons (Fsp3) is 0.0625. The number of rotatable bonds is 4. The Bertz CT molecular complexity index is 932. The Morgan fingerprint density at radius 2 is 1.96 bits per heavy atom. The predicted octanol–water partition coefficient (Wildman–Crippen LogP) is 2.55. The molecular formula is C16H13N5O2. The molecule has 0 aliphatic carbocycles. The van der Waals surface area contributed by atoms with Crippen LogP contribution in [0.2, 0.25) is 0 Å². The molecule has 7 heteroatoms. The fourth-order valence-electron chi connectivity index (χ4n) is 2.18. The van der Waals surface area contributed by atoms with Gasteiger partial charge in [0.2, 0.25) is 11.7 Å². The van der Waals surface area contributed by atoms with E-state index in [9.17, 15) is 0 Å². The van der Waals surface area contributed by atoms with Crippen LogP contribution in [0.1, 0.15) is 5.56 Å². The number of anilines is 1. The average Bonchev–Trinajstić information content (AvgIpc) is 3.23. The van der Waals surface area contributed by atoms with Gasteiger partial charge in [-0.25, -0.2) is 0 Å². The van der Waals surface area contributed by atoms with Crippen LogP contribution in [0.15, 0.2) is 59.2 Å². The number of ether oxygens (including phenoxy) is 1. The number of nitrogen functional groups attached to an aromatic ring is 1. The van der Waals surface area contributed by atoms with Gasteiger partial charge in [0.05, 0.1) is 6.26 Å². The SMILES string of the molecule is Nc1cc(OCc2ccccc2)nc2nc(-c3ccco3)nn12. The van der Waals surface area contributed by atoms with E-state index in [1.807, 2.05) is 30.3 Å². The zero-order valence-electron chi connectivity index (χ0n) is 12.1.